The first kappa shape index (κ1) is 35.9. The SMILES string of the molecule is c1ccc(-c2cc(-c3nc(-c4ccccc4)nc(-c4cccc5oc6cccc(-c7ccccc7)c6c45)n3)c3c(c2)[SiH-](c2ccccc2)(c2ccccc2)c2ccccc2-3)cc1. The maximum atomic E-state index is 6.61. The summed E-state index contributed by atoms with van der Waals surface area (Å²) in [6, 6.07) is 80.2. The third-order valence-corrected chi connectivity index (χ3v) is 18.4. The van der Waals surface area contributed by atoms with E-state index in [2.05, 4.69) is 188 Å². The number of hydrogen-bond donors (Lipinski definition) is 0. The summed E-state index contributed by atoms with van der Waals surface area (Å²) in [5.74, 6) is 1.83. The summed E-state index contributed by atoms with van der Waals surface area (Å²) in [5, 5.41) is 7.49. The van der Waals surface area contributed by atoms with Crippen molar-refractivity contribution in [2.45, 2.75) is 0 Å². The molecule has 2 aromatic heterocycles. The summed E-state index contributed by atoms with van der Waals surface area (Å²) < 4.78 is 6.61. The van der Waals surface area contributed by atoms with E-state index in [4.69, 9.17) is 19.4 Å². The van der Waals surface area contributed by atoms with Gasteiger partial charge in [-0.15, -0.1) is 0 Å². The molecular weight excluding hydrogens is 771 g/mol. The number of fused-ring (bicyclic) bond motifs is 6. The molecule has 0 bridgehead atoms. The molecule has 0 N–H and O–H groups in total. The molecule has 62 heavy (non-hydrogen) atoms. The molecule has 292 valence electrons. The van der Waals surface area contributed by atoms with Crippen molar-refractivity contribution in [1.29, 1.82) is 0 Å². The van der Waals surface area contributed by atoms with Crippen LogP contribution in [0.4, 0.5) is 0 Å². The third kappa shape index (κ3) is 5.63. The molecule has 0 atom stereocenters. The van der Waals surface area contributed by atoms with E-state index in [0.29, 0.717) is 17.5 Å². The van der Waals surface area contributed by atoms with Crippen LogP contribution in [-0.4, -0.2) is 23.0 Å². The van der Waals surface area contributed by atoms with E-state index >= 15 is 0 Å². The molecular formula is C57H38N3OSi-. The Balaban J connectivity index is 1.20. The van der Waals surface area contributed by atoms with E-state index in [1.165, 1.54) is 31.9 Å². The average molecular weight is 809 g/mol. The van der Waals surface area contributed by atoms with Crippen LogP contribution in [0.2, 0.25) is 0 Å². The summed E-state index contributed by atoms with van der Waals surface area (Å²) in [6.07, 6.45) is 0. The summed E-state index contributed by atoms with van der Waals surface area (Å²) in [4.78, 5) is 16.3. The molecule has 12 rings (SSSR count). The topological polar surface area (TPSA) is 51.8 Å². The van der Waals surface area contributed by atoms with Gasteiger partial charge in [-0.1, -0.05) is 18.2 Å². The zero-order valence-corrected chi connectivity index (χ0v) is 34.8. The first-order chi connectivity index (χ1) is 30.8. The second kappa shape index (κ2) is 14.6. The van der Waals surface area contributed by atoms with Crippen LogP contribution in [-0.2, 0) is 0 Å². The fraction of sp³-hybridized carbons (Fsp3) is 0. The third-order valence-electron chi connectivity index (χ3n) is 12.8. The quantitative estimate of drug-likeness (QED) is 0.151. The van der Waals surface area contributed by atoms with Crippen molar-refractivity contribution in [3.05, 3.63) is 224 Å². The minimum absolute atomic E-state index is 0.590. The van der Waals surface area contributed by atoms with Crippen molar-refractivity contribution in [2.75, 3.05) is 0 Å². The Morgan fingerprint density at radius 2 is 0.774 bits per heavy atom. The monoisotopic (exact) mass is 808 g/mol. The van der Waals surface area contributed by atoms with Gasteiger partial charge >= 0.3 is 344 Å². The van der Waals surface area contributed by atoms with Crippen molar-refractivity contribution in [3.8, 4) is 67.5 Å². The minimum atomic E-state index is -3.34. The van der Waals surface area contributed by atoms with E-state index < -0.39 is 8.07 Å². The van der Waals surface area contributed by atoms with Crippen LogP contribution in [0.1, 0.15) is 0 Å². The molecule has 11 aromatic rings. The normalized spacial score (nSPS) is 13.2. The van der Waals surface area contributed by atoms with E-state index in [1.54, 1.807) is 0 Å². The Labute approximate surface area is 360 Å². The van der Waals surface area contributed by atoms with Crippen LogP contribution < -0.4 is 20.7 Å². The van der Waals surface area contributed by atoms with Gasteiger partial charge in [0, 0.05) is 0 Å². The van der Waals surface area contributed by atoms with Gasteiger partial charge in [-0.3, -0.25) is 0 Å². The molecule has 3 heterocycles. The second-order valence-electron chi connectivity index (χ2n) is 16.1. The van der Waals surface area contributed by atoms with Gasteiger partial charge in [-0.05, 0) is 0 Å². The summed E-state index contributed by atoms with van der Waals surface area (Å²) >= 11 is 0. The van der Waals surface area contributed by atoms with Crippen LogP contribution in [0.25, 0.3) is 89.5 Å². The molecule has 9 aromatic carbocycles. The number of nitrogens with zero attached hydrogens (tertiary/aromatic N) is 3. The fourth-order valence-corrected chi connectivity index (χ4v) is 16.2. The number of aromatic nitrogens is 3. The standard InChI is InChI=1S/C57H38N3OSi/c1-6-20-38(21-7-1)41-36-47(52-45-30-16-17-35-50(45)62(51(52)37-41,42-26-12-4-13-27-42)43-28-14-5-15-29-43)57-59-55(40-24-10-3-11-25-40)58-56(60-57)46-32-19-34-49-54(46)53-44(31-18-33-48(53)61-49)39-22-8-2-9-23-39/h1-37,62H/q-1. The average Bonchev–Trinajstić information content (AvgIpc) is 3.89. The molecule has 0 amide bonds. The molecule has 0 unspecified atom stereocenters. The maximum absolute atomic E-state index is 6.61. The molecule has 1 aliphatic heterocycles. The van der Waals surface area contributed by atoms with Crippen LogP contribution >= 0.6 is 0 Å². The van der Waals surface area contributed by atoms with Gasteiger partial charge in [0.25, 0.3) is 0 Å². The Morgan fingerprint density at radius 1 is 0.306 bits per heavy atom. The van der Waals surface area contributed by atoms with E-state index in [1.807, 2.05) is 36.4 Å². The van der Waals surface area contributed by atoms with Crippen LogP contribution in [0.3, 0.4) is 0 Å². The Morgan fingerprint density at radius 3 is 1.40 bits per heavy atom. The first-order valence-electron chi connectivity index (χ1n) is 21.2. The summed E-state index contributed by atoms with van der Waals surface area (Å²) in [6.45, 7) is 0. The van der Waals surface area contributed by atoms with Crippen molar-refractivity contribution in [1.82, 2.24) is 15.0 Å². The molecule has 0 spiro atoms. The van der Waals surface area contributed by atoms with Gasteiger partial charge in [-0.2, -0.15) is 0 Å². The number of rotatable bonds is 7. The van der Waals surface area contributed by atoms with E-state index in [-0.39, 0.29) is 0 Å². The van der Waals surface area contributed by atoms with Gasteiger partial charge in [0.05, 0.1) is 0 Å². The zero-order valence-electron chi connectivity index (χ0n) is 33.7. The van der Waals surface area contributed by atoms with E-state index in [0.717, 1.165) is 60.9 Å². The number of benzene rings is 9. The molecule has 4 nitrogen and oxygen atoms in total. The molecule has 0 saturated heterocycles. The van der Waals surface area contributed by atoms with Crippen LogP contribution in [0, 0.1) is 0 Å². The first-order valence-corrected chi connectivity index (χ1v) is 23.5. The van der Waals surface area contributed by atoms with Crippen LogP contribution in [0.5, 0.6) is 0 Å². The van der Waals surface area contributed by atoms with Gasteiger partial charge in [-0.25, -0.2) is 0 Å². The Kier molecular flexibility index (Phi) is 8.47. The fourth-order valence-electron chi connectivity index (χ4n) is 10.2. The van der Waals surface area contributed by atoms with Gasteiger partial charge in [0.1, 0.15) is 0 Å². The van der Waals surface area contributed by atoms with Crippen molar-refractivity contribution >= 4 is 50.8 Å². The predicted octanol–water partition coefficient (Wildman–Crippen LogP) is 11.2. The van der Waals surface area contributed by atoms with Crippen molar-refractivity contribution < 1.29 is 4.42 Å². The Hall–Kier alpha value is -7.99. The number of hydrogen-bond acceptors (Lipinski definition) is 4. The van der Waals surface area contributed by atoms with Crippen molar-refractivity contribution in [2.24, 2.45) is 0 Å². The van der Waals surface area contributed by atoms with Crippen molar-refractivity contribution in [3.63, 3.8) is 0 Å². The second-order valence-corrected chi connectivity index (χ2v) is 20.4. The van der Waals surface area contributed by atoms with Gasteiger partial charge < -0.3 is 0 Å². The zero-order chi connectivity index (χ0) is 41.0. The molecule has 5 heteroatoms. The predicted molar refractivity (Wildman–Crippen MR) is 258 cm³/mol. The number of furan rings is 1. The van der Waals surface area contributed by atoms with Gasteiger partial charge in [0.15, 0.2) is 0 Å². The molecule has 1 aliphatic rings. The van der Waals surface area contributed by atoms with E-state index in [9.17, 15) is 0 Å². The van der Waals surface area contributed by atoms with Crippen LogP contribution in [0.15, 0.2) is 229 Å². The molecule has 0 fully saturated rings. The van der Waals surface area contributed by atoms with Gasteiger partial charge in [0.2, 0.25) is 0 Å². The summed E-state index contributed by atoms with van der Waals surface area (Å²) in [5.41, 5.74) is 11.3. The Bertz CT molecular complexity index is 3410. The summed E-state index contributed by atoms with van der Waals surface area (Å²) in [7, 11) is -3.34. The molecule has 0 aliphatic carbocycles. The molecule has 0 saturated carbocycles. The molecule has 0 radical (unpaired) electrons.